The first-order chi connectivity index (χ1) is 8.65. The molecule has 3 nitrogen and oxygen atoms in total. The molecule has 0 amide bonds. The number of nitrogens with two attached hydrogens (primary N) is 1. The molecule has 0 radical (unpaired) electrons. The lowest BCUT2D eigenvalue weighted by Crippen LogP contribution is -2.11. The Morgan fingerprint density at radius 2 is 1.94 bits per heavy atom. The quantitative estimate of drug-likeness (QED) is 0.887. The molecule has 18 heavy (non-hydrogen) atoms. The topological polar surface area (TPSA) is 43.8 Å². The van der Waals surface area contributed by atoms with Crippen LogP contribution in [-0.2, 0) is 0 Å². The fourth-order valence-electron chi connectivity index (χ4n) is 2.28. The molecule has 0 atom stereocenters. The van der Waals surface area contributed by atoms with Crippen molar-refractivity contribution in [2.45, 2.75) is 39.7 Å². The highest BCUT2D eigenvalue weighted by molar-refractivity contribution is 5.63. The van der Waals surface area contributed by atoms with Crippen molar-refractivity contribution in [1.82, 2.24) is 9.78 Å². The van der Waals surface area contributed by atoms with Crippen LogP contribution in [-0.4, -0.2) is 9.78 Å². The lowest BCUT2D eigenvalue weighted by Gasteiger charge is -2.14. The Balaban J connectivity index is 2.39. The largest absolute Gasteiger partial charge is 0.384 e. The van der Waals surface area contributed by atoms with Crippen LogP contribution in [0.5, 0.6) is 0 Å². The van der Waals surface area contributed by atoms with Gasteiger partial charge >= 0.3 is 0 Å². The minimum Gasteiger partial charge on any atom is -0.384 e. The molecular formula is C15H21N3. The molecule has 0 spiro atoms. The Labute approximate surface area is 109 Å². The standard InChI is InChI=1S/C15H21N3/c1-4-13(5-2)18-15(16)10-14(17-18)12-8-6-7-11(3)9-12/h6-10,13H,4-5,16H2,1-3H3. The van der Waals surface area contributed by atoms with Crippen LogP contribution in [0.15, 0.2) is 30.3 Å². The average Bonchev–Trinajstić information content (AvgIpc) is 2.74. The summed E-state index contributed by atoms with van der Waals surface area (Å²) in [5.74, 6) is 0.750. The van der Waals surface area contributed by atoms with Crippen molar-refractivity contribution in [2.24, 2.45) is 0 Å². The summed E-state index contributed by atoms with van der Waals surface area (Å²) in [7, 11) is 0. The highest BCUT2D eigenvalue weighted by Crippen LogP contribution is 2.25. The van der Waals surface area contributed by atoms with E-state index in [9.17, 15) is 0 Å². The van der Waals surface area contributed by atoms with Gasteiger partial charge in [-0.05, 0) is 25.8 Å². The fraction of sp³-hybridized carbons (Fsp3) is 0.400. The summed E-state index contributed by atoms with van der Waals surface area (Å²) in [6.45, 7) is 6.42. The van der Waals surface area contributed by atoms with Gasteiger partial charge in [0.25, 0.3) is 0 Å². The Morgan fingerprint density at radius 3 is 2.56 bits per heavy atom. The van der Waals surface area contributed by atoms with E-state index in [2.05, 4.69) is 50.1 Å². The van der Waals surface area contributed by atoms with Gasteiger partial charge in [-0.3, -0.25) is 0 Å². The zero-order valence-electron chi connectivity index (χ0n) is 11.4. The zero-order valence-corrected chi connectivity index (χ0v) is 11.4. The molecule has 1 aromatic carbocycles. The van der Waals surface area contributed by atoms with Crippen molar-refractivity contribution in [3.63, 3.8) is 0 Å². The molecule has 0 unspecified atom stereocenters. The van der Waals surface area contributed by atoms with Crippen molar-refractivity contribution in [3.05, 3.63) is 35.9 Å². The highest BCUT2D eigenvalue weighted by atomic mass is 15.3. The average molecular weight is 243 g/mol. The highest BCUT2D eigenvalue weighted by Gasteiger charge is 2.13. The number of aryl methyl sites for hydroxylation is 1. The molecule has 0 saturated carbocycles. The molecule has 0 fully saturated rings. The van der Waals surface area contributed by atoms with Crippen molar-refractivity contribution >= 4 is 5.82 Å². The van der Waals surface area contributed by atoms with Crippen molar-refractivity contribution in [1.29, 1.82) is 0 Å². The second-order valence-electron chi connectivity index (χ2n) is 4.74. The number of anilines is 1. The maximum absolute atomic E-state index is 6.07. The van der Waals surface area contributed by atoms with E-state index in [1.807, 2.05) is 10.7 Å². The van der Waals surface area contributed by atoms with E-state index in [0.717, 1.165) is 29.9 Å². The van der Waals surface area contributed by atoms with Crippen LogP contribution in [0.2, 0.25) is 0 Å². The fourth-order valence-corrected chi connectivity index (χ4v) is 2.28. The van der Waals surface area contributed by atoms with Gasteiger partial charge in [0, 0.05) is 11.6 Å². The third-order valence-electron chi connectivity index (χ3n) is 3.37. The van der Waals surface area contributed by atoms with Gasteiger partial charge in [-0.2, -0.15) is 5.10 Å². The van der Waals surface area contributed by atoms with E-state index in [1.54, 1.807) is 0 Å². The number of nitrogens with zero attached hydrogens (tertiary/aromatic N) is 2. The molecule has 0 bridgehead atoms. The van der Waals surface area contributed by atoms with Crippen LogP contribution >= 0.6 is 0 Å². The first kappa shape index (κ1) is 12.7. The summed E-state index contributed by atoms with van der Waals surface area (Å²) >= 11 is 0. The van der Waals surface area contributed by atoms with Gasteiger partial charge < -0.3 is 5.73 Å². The first-order valence-electron chi connectivity index (χ1n) is 6.57. The second kappa shape index (κ2) is 5.25. The summed E-state index contributed by atoms with van der Waals surface area (Å²) < 4.78 is 1.96. The molecule has 96 valence electrons. The molecule has 3 heteroatoms. The lowest BCUT2D eigenvalue weighted by atomic mass is 10.1. The van der Waals surface area contributed by atoms with Crippen LogP contribution in [0, 0.1) is 6.92 Å². The van der Waals surface area contributed by atoms with Crippen LogP contribution in [0.3, 0.4) is 0 Å². The van der Waals surface area contributed by atoms with E-state index in [0.29, 0.717) is 6.04 Å². The zero-order chi connectivity index (χ0) is 13.1. The van der Waals surface area contributed by atoms with Gasteiger partial charge in [0.2, 0.25) is 0 Å². The number of aromatic nitrogens is 2. The predicted octanol–water partition coefficient (Wildman–Crippen LogP) is 3.80. The minimum absolute atomic E-state index is 0.392. The third-order valence-corrected chi connectivity index (χ3v) is 3.37. The molecule has 2 aromatic rings. The molecule has 0 saturated heterocycles. The third kappa shape index (κ3) is 2.40. The smallest absolute Gasteiger partial charge is 0.122 e. The van der Waals surface area contributed by atoms with E-state index in [4.69, 9.17) is 5.73 Å². The maximum Gasteiger partial charge on any atom is 0.122 e. The van der Waals surface area contributed by atoms with E-state index >= 15 is 0 Å². The van der Waals surface area contributed by atoms with Crippen molar-refractivity contribution < 1.29 is 0 Å². The van der Waals surface area contributed by atoms with E-state index < -0.39 is 0 Å². The molecule has 0 aliphatic heterocycles. The van der Waals surface area contributed by atoms with Crippen LogP contribution in [0.25, 0.3) is 11.3 Å². The van der Waals surface area contributed by atoms with Gasteiger partial charge in [0.15, 0.2) is 0 Å². The molecule has 1 heterocycles. The Bertz CT molecular complexity index is 524. The van der Waals surface area contributed by atoms with Gasteiger partial charge in [-0.25, -0.2) is 4.68 Å². The van der Waals surface area contributed by atoms with E-state index in [1.165, 1.54) is 5.56 Å². The lowest BCUT2D eigenvalue weighted by molar-refractivity contribution is 0.435. The molecule has 0 aliphatic carbocycles. The normalized spacial score (nSPS) is 11.1. The van der Waals surface area contributed by atoms with Crippen LogP contribution < -0.4 is 5.73 Å². The van der Waals surface area contributed by atoms with Crippen LogP contribution in [0.4, 0.5) is 5.82 Å². The predicted molar refractivity (Wildman–Crippen MR) is 76.4 cm³/mol. The van der Waals surface area contributed by atoms with Crippen LogP contribution in [0.1, 0.15) is 38.3 Å². The van der Waals surface area contributed by atoms with E-state index in [-0.39, 0.29) is 0 Å². The summed E-state index contributed by atoms with van der Waals surface area (Å²) in [4.78, 5) is 0. The maximum atomic E-state index is 6.07. The molecule has 0 aliphatic rings. The number of hydrogen-bond acceptors (Lipinski definition) is 2. The van der Waals surface area contributed by atoms with Crippen molar-refractivity contribution in [3.8, 4) is 11.3 Å². The summed E-state index contributed by atoms with van der Waals surface area (Å²) in [5.41, 5.74) is 9.40. The van der Waals surface area contributed by atoms with Gasteiger partial charge in [0.1, 0.15) is 5.82 Å². The Morgan fingerprint density at radius 1 is 1.22 bits per heavy atom. The summed E-state index contributed by atoms with van der Waals surface area (Å²) in [5, 5.41) is 4.65. The summed E-state index contributed by atoms with van der Waals surface area (Å²) in [6, 6.07) is 10.7. The number of hydrogen-bond donors (Lipinski definition) is 1. The van der Waals surface area contributed by atoms with Gasteiger partial charge in [-0.1, -0.05) is 37.6 Å². The monoisotopic (exact) mass is 243 g/mol. The number of nitrogen functional groups attached to an aromatic ring is 1. The van der Waals surface area contributed by atoms with Gasteiger partial charge in [-0.15, -0.1) is 0 Å². The number of rotatable bonds is 4. The van der Waals surface area contributed by atoms with Crippen molar-refractivity contribution in [2.75, 3.05) is 5.73 Å². The first-order valence-corrected chi connectivity index (χ1v) is 6.57. The second-order valence-corrected chi connectivity index (χ2v) is 4.74. The minimum atomic E-state index is 0.392. The molecule has 2 N–H and O–H groups in total. The summed E-state index contributed by atoms with van der Waals surface area (Å²) in [6.07, 6.45) is 2.10. The van der Waals surface area contributed by atoms with Gasteiger partial charge in [0.05, 0.1) is 11.7 Å². The Kier molecular flexibility index (Phi) is 3.70. The molecule has 1 aromatic heterocycles. The number of benzene rings is 1. The Hall–Kier alpha value is -1.77. The SMILES string of the molecule is CCC(CC)n1nc(-c2cccc(C)c2)cc1N. The molecule has 2 rings (SSSR count). The molecular weight excluding hydrogens is 222 g/mol.